The lowest BCUT2D eigenvalue weighted by Gasteiger charge is -2.21. The van der Waals surface area contributed by atoms with Gasteiger partial charge in [-0.05, 0) is 27.7 Å². The van der Waals surface area contributed by atoms with Crippen LogP contribution < -0.4 is 16.0 Å². The highest BCUT2D eigenvalue weighted by molar-refractivity contribution is 7.09. The number of halogens is 3. The van der Waals surface area contributed by atoms with Crippen LogP contribution in [0.5, 0.6) is 0 Å². The Morgan fingerprint density at radius 3 is 2.43 bits per heavy atom. The number of rotatable bonds is 6. The summed E-state index contributed by atoms with van der Waals surface area (Å²) in [4.78, 5) is 7.82. The van der Waals surface area contributed by atoms with Gasteiger partial charge in [0.2, 0.25) is 0 Å². The lowest BCUT2D eigenvalue weighted by Crippen LogP contribution is -2.44. The van der Waals surface area contributed by atoms with Crippen LogP contribution >= 0.6 is 11.3 Å². The maximum Gasteiger partial charge on any atom is 0.434 e. The highest BCUT2D eigenvalue weighted by Crippen LogP contribution is 2.30. The summed E-state index contributed by atoms with van der Waals surface area (Å²) >= 11 is 0.962. The smallest absolute Gasteiger partial charge is 0.357 e. The second kappa shape index (κ2) is 8.49. The number of hydrogen-bond donors (Lipinski definition) is 3. The van der Waals surface area contributed by atoms with Crippen LogP contribution in [0.15, 0.2) is 10.4 Å². The van der Waals surface area contributed by atoms with Crippen molar-refractivity contribution in [3.05, 3.63) is 16.1 Å². The minimum atomic E-state index is -4.40. The minimum Gasteiger partial charge on any atom is -0.357 e. The summed E-state index contributed by atoms with van der Waals surface area (Å²) in [7, 11) is 0. The number of nitrogens with one attached hydrogen (secondary N) is 3. The quantitative estimate of drug-likeness (QED) is 0.419. The highest BCUT2D eigenvalue weighted by atomic mass is 32.1. The van der Waals surface area contributed by atoms with Crippen LogP contribution in [0, 0.1) is 0 Å². The Labute approximate surface area is 138 Å². The number of hydrogen-bond acceptors (Lipinski definition) is 4. The molecule has 1 aromatic rings. The van der Waals surface area contributed by atoms with Gasteiger partial charge in [-0.2, -0.15) is 13.2 Å². The molecule has 0 radical (unpaired) electrons. The van der Waals surface area contributed by atoms with Gasteiger partial charge >= 0.3 is 6.18 Å². The summed E-state index contributed by atoms with van der Waals surface area (Å²) in [5, 5.41) is 10.9. The van der Waals surface area contributed by atoms with Gasteiger partial charge < -0.3 is 16.0 Å². The van der Waals surface area contributed by atoms with Crippen molar-refractivity contribution >= 4 is 17.3 Å². The van der Waals surface area contributed by atoms with E-state index in [4.69, 9.17) is 0 Å². The standard InChI is InChI=1S/C14H24F3N5S/c1-5-18-12(19-6-7-21-13(2,3)4)20-8-11-22-10(9-23-11)14(15,16)17/h9,21H,5-8H2,1-4H3,(H2,18,19,20). The molecule has 0 aliphatic carbocycles. The average Bonchev–Trinajstić information content (AvgIpc) is 2.88. The van der Waals surface area contributed by atoms with Crippen LogP contribution in [0.25, 0.3) is 0 Å². The van der Waals surface area contributed by atoms with E-state index in [2.05, 4.69) is 46.7 Å². The molecule has 0 saturated carbocycles. The Morgan fingerprint density at radius 1 is 1.22 bits per heavy atom. The Balaban J connectivity index is 2.53. The molecule has 0 saturated heterocycles. The first-order valence-corrected chi connectivity index (χ1v) is 8.28. The fourth-order valence-corrected chi connectivity index (χ4v) is 2.34. The first kappa shape index (κ1) is 19.7. The Morgan fingerprint density at radius 2 is 1.91 bits per heavy atom. The molecule has 5 nitrogen and oxygen atoms in total. The Hall–Kier alpha value is -1.35. The summed E-state index contributed by atoms with van der Waals surface area (Å²) in [6, 6.07) is 0. The summed E-state index contributed by atoms with van der Waals surface area (Å²) in [6.45, 7) is 10.4. The minimum absolute atomic E-state index is 0.0338. The van der Waals surface area contributed by atoms with Crippen molar-refractivity contribution in [3.8, 4) is 0 Å². The van der Waals surface area contributed by atoms with Crippen LogP contribution in [0.3, 0.4) is 0 Å². The predicted molar refractivity (Wildman–Crippen MR) is 87.7 cm³/mol. The van der Waals surface area contributed by atoms with E-state index in [0.29, 0.717) is 24.1 Å². The number of nitrogens with zero attached hydrogens (tertiary/aromatic N) is 2. The normalized spacial score (nSPS) is 13.3. The molecule has 0 spiro atoms. The molecule has 9 heteroatoms. The Kier molecular flexibility index (Phi) is 7.27. The topological polar surface area (TPSA) is 61.3 Å². The summed E-state index contributed by atoms with van der Waals surface area (Å²) in [5.41, 5.74) is -0.827. The van der Waals surface area contributed by atoms with Gasteiger partial charge in [-0.15, -0.1) is 11.3 Å². The van der Waals surface area contributed by atoms with Gasteiger partial charge in [0.1, 0.15) is 5.01 Å². The van der Waals surface area contributed by atoms with E-state index >= 15 is 0 Å². The maximum atomic E-state index is 12.5. The average molecular weight is 351 g/mol. The molecule has 1 rings (SSSR count). The van der Waals surface area contributed by atoms with Crippen LogP contribution in [0.2, 0.25) is 0 Å². The molecule has 0 aromatic carbocycles. The first-order chi connectivity index (χ1) is 10.6. The third kappa shape index (κ3) is 8.17. The highest BCUT2D eigenvalue weighted by Gasteiger charge is 2.33. The molecule has 1 aromatic heterocycles. The van der Waals surface area contributed by atoms with Crippen molar-refractivity contribution in [2.75, 3.05) is 19.6 Å². The molecule has 0 aliphatic rings. The van der Waals surface area contributed by atoms with Gasteiger partial charge in [-0.25, -0.2) is 9.98 Å². The van der Waals surface area contributed by atoms with Gasteiger partial charge in [-0.1, -0.05) is 0 Å². The van der Waals surface area contributed by atoms with Crippen molar-refractivity contribution < 1.29 is 13.2 Å². The van der Waals surface area contributed by atoms with Crippen LogP contribution in [0.4, 0.5) is 13.2 Å². The number of alkyl halides is 3. The molecule has 0 unspecified atom stereocenters. The molecular formula is C14H24F3N5S. The second-order valence-corrected chi connectivity index (χ2v) is 6.87. The van der Waals surface area contributed by atoms with E-state index < -0.39 is 11.9 Å². The molecule has 3 N–H and O–H groups in total. The van der Waals surface area contributed by atoms with Crippen molar-refractivity contribution in [2.24, 2.45) is 4.99 Å². The molecule has 0 aliphatic heterocycles. The summed E-state index contributed by atoms with van der Waals surface area (Å²) in [6.07, 6.45) is -4.40. The van der Waals surface area contributed by atoms with E-state index in [1.165, 1.54) is 0 Å². The maximum absolute atomic E-state index is 12.5. The lowest BCUT2D eigenvalue weighted by molar-refractivity contribution is -0.140. The molecule has 1 heterocycles. The summed E-state index contributed by atoms with van der Waals surface area (Å²) in [5.74, 6) is 0.562. The van der Waals surface area contributed by atoms with E-state index in [1.807, 2.05) is 6.92 Å². The zero-order valence-corrected chi connectivity index (χ0v) is 14.7. The molecule has 23 heavy (non-hydrogen) atoms. The van der Waals surface area contributed by atoms with Gasteiger partial charge in [-0.3, -0.25) is 0 Å². The largest absolute Gasteiger partial charge is 0.434 e. The number of aromatic nitrogens is 1. The zero-order valence-electron chi connectivity index (χ0n) is 13.8. The molecular weight excluding hydrogens is 327 g/mol. The SMILES string of the molecule is CCNC(=NCc1nc(C(F)(F)F)cs1)NCCNC(C)(C)C. The molecule has 132 valence electrons. The molecule has 0 bridgehead atoms. The zero-order chi connectivity index (χ0) is 17.5. The number of aliphatic imine (C=N–C) groups is 1. The number of thiazole rings is 1. The fraction of sp³-hybridized carbons (Fsp3) is 0.714. The Bertz CT molecular complexity index is 505. The third-order valence-electron chi connectivity index (χ3n) is 2.63. The van der Waals surface area contributed by atoms with E-state index in [-0.39, 0.29) is 12.1 Å². The van der Waals surface area contributed by atoms with E-state index in [1.54, 1.807) is 0 Å². The molecule has 0 amide bonds. The van der Waals surface area contributed by atoms with Crippen LogP contribution in [-0.2, 0) is 12.7 Å². The van der Waals surface area contributed by atoms with Crippen LogP contribution in [0.1, 0.15) is 38.4 Å². The van der Waals surface area contributed by atoms with Gasteiger partial charge in [0.05, 0.1) is 6.54 Å². The molecule has 0 fully saturated rings. The van der Waals surface area contributed by atoms with Crippen molar-refractivity contribution in [2.45, 2.75) is 46.0 Å². The van der Waals surface area contributed by atoms with Crippen molar-refractivity contribution in [1.29, 1.82) is 0 Å². The van der Waals surface area contributed by atoms with Crippen molar-refractivity contribution in [3.63, 3.8) is 0 Å². The number of guanidine groups is 1. The second-order valence-electron chi connectivity index (χ2n) is 5.92. The van der Waals surface area contributed by atoms with Gasteiger partial charge in [0, 0.05) is 30.6 Å². The van der Waals surface area contributed by atoms with E-state index in [9.17, 15) is 13.2 Å². The van der Waals surface area contributed by atoms with Gasteiger partial charge in [0.15, 0.2) is 11.7 Å². The van der Waals surface area contributed by atoms with E-state index in [0.717, 1.165) is 23.3 Å². The third-order valence-corrected chi connectivity index (χ3v) is 3.47. The first-order valence-electron chi connectivity index (χ1n) is 7.40. The van der Waals surface area contributed by atoms with Crippen LogP contribution in [-0.4, -0.2) is 36.1 Å². The van der Waals surface area contributed by atoms with Gasteiger partial charge in [0.25, 0.3) is 0 Å². The summed E-state index contributed by atoms with van der Waals surface area (Å²) < 4.78 is 37.5. The predicted octanol–water partition coefficient (Wildman–Crippen LogP) is 2.61. The molecule has 0 atom stereocenters. The monoisotopic (exact) mass is 351 g/mol. The lowest BCUT2D eigenvalue weighted by atomic mass is 10.1. The van der Waals surface area contributed by atoms with Crippen molar-refractivity contribution in [1.82, 2.24) is 20.9 Å². The fourth-order valence-electron chi connectivity index (χ4n) is 1.62.